The largest absolute Gasteiger partial charge is 0.397 e. The fourth-order valence-corrected chi connectivity index (χ4v) is 1.51. The van der Waals surface area contributed by atoms with Gasteiger partial charge in [-0.2, -0.15) is 0 Å². The van der Waals surface area contributed by atoms with Crippen LogP contribution in [0.5, 0.6) is 0 Å². The van der Waals surface area contributed by atoms with Crippen LogP contribution in [0.3, 0.4) is 0 Å². The van der Waals surface area contributed by atoms with Crippen molar-refractivity contribution < 1.29 is 4.79 Å². The van der Waals surface area contributed by atoms with E-state index < -0.39 is 0 Å². The molecule has 0 aromatic carbocycles. The number of nitrogen functional groups attached to an aromatic ring is 1. The number of aromatic nitrogens is 1. The number of pyridine rings is 1. The molecule has 1 rings (SSSR count). The minimum atomic E-state index is -0.00549. The fourth-order valence-electron chi connectivity index (χ4n) is 1.00. The second kappa shape index (κ2) is 5.55. The van der Waals surface area contributed by atoms with E-state index in [2.05, 4.69) is 31.5 Å². The Morgan fingerprint density at radius 2 is 2.40 bits per heavy atom. The van der Waals surface area contributed by atoms with Gasteiger partial charge in [-0.1, -0.05) is 0 Å². The van der Waals surface area contributed by atoms with Crippen molar-refractivity contribution in [2.45, 2.75) is 6.42 Å². The molecule has 0 radical (unpaired) electrons. The molecule has 0 bridgehead atoms. The van der Waals surface area contributed by atoms with E-state index in [0.29, 0.717) is 24.5 Å². The summed E-state index contributed by atoms with van der Waals surface area (Å²) in [6.45, 7) is 0.537. The molecule has 0 fully saturated rings. The molecule has 0 atom stereocenters. The summed E-state index contributed by atoms with van der Waals surface area (Å²) in [5.74, 6) is 0.683. The molecule has 1 aromatic rings. The van der Waals surface area contributed by atoms with Crippen molar-refractivity contribution >= 4 is 33.3 Å². The van der Waals surface area contributed by atoms with Gasteiger partial charge in [0.1, 0.15) is 5.82 Å². The molecule has 6 heteroatoms. The van der Waals surface area contributed by atoms with Crippen LogP contribution >= 0.6 is 15.9 Å². The number of halogens is 1. The van der Waals surface area contributed by atoms with E-state index >= 15 is 0 Å². The average molecular weight is 273 g/mol. The van der Waals surface area contributed by atoms with Gasteiger partial charge in [0.15, 0.2) is 0 Å². The van der Waals surface area contributed by atoms with Crippen LogP contribution in [-0.2, 0) is 4.79 Å². The third-order valence-corrected chi connectivity index (χ3v) is 2.39. The van der Waals surface area contributed by atoms with Crippen molar-refractivity contribution in [3.05, 3.63) is 16.7 Å². The van der Waals surface area contributed by atoms with Gasteiger partial charge in [-0.05, 0) is 22.0 Å². The maximum atomic E-state index is 10.9. The molecule has 1 aromatic heterocycles. The number of nitrogens with one attached hydrogen (secondary N) is 2. The summed E-state index contributed by atoms with van der Waals surface area (Å²) < 4.78 is 0.791. The summed E-state index contributed by atoms with van der Waals surface area (Å²) in [6, 6.07) is 1.76. The van der Waals surface area contributed by atoms with E-state index in [0.717, 1.165) is 4.47 Å². The Bertz CT molecular complexity index is 356. The zero-order valence-electron chi connectivity index (χ0n) is 8.38. The van der Waals surface area contributed by atoms with Crippen LogP contribution in [0.1, 0.15) is 6.42 Å². The Labute approximate surface area is 96.6 Å². The lowest BCUT2D eigenvalue weighted by atomic mass is 10.3. The van der Waals surface area contributed by atoms with Crippen molar-refractivity contribution in [2.75, 3.05) is 24.6 Å². The van der Waals surface area contributed by atoms with E-state index in [-0.39, 0.29) is 5.91 Å². The second-order valence-corrected chi connectivity index (χ2v) is 3.80. The molecule has 0 unspecified atom stereocenters. The molecule has 0 saturated heterocycles. The van der Waals surface area contributed by atoms with Gasteiger partial charge in [-0.25, -0.2) is 4.98 Å². The molecule has 4 N–H and O–H groups in total. The number of hydrogen-bond acceptors (Lipinski definition) is 4. The summed E-state index contributed by atoms with van der Waals surface area (Å²) in [4.78, 5) is 15.0. The van der Waals surface area contributed by atoms with Crippen LogP contribution in [0, 0.1) is 0 Å². The minimum Gasteiger partial charge on any atom is -0.397 e. The van der Waals surface area contributed by atoms with Crippen LogP contribution in [0.15, 0.2) is 16.7 Å². The zero-order valence-corrected chi connectivity index (χ0v) is 9.97. The average Bonchev–Trinajstić information content (AvgIpc) is 2.21. The molecule has 0 saturated carbocycles. The van der Waals surface area contributed by atoms with Crippen molar-refractivity contribution in [1.29, 1.82) is 0 Å². The highest BCUT2D eigenvalue weighted by molar-refractivity contribution is 9.10. The van der Waals surface area contributed by atoms with Crippen LogP contribution in [-0.4, -0.2) is 24.5 Å². The molecule has 15 heavy (non-hydrogen) atoms. The van der Waals surface area contributed by atoms with Crippen LogP contribution in [0.2, 0.25) is 0 Å². The van der Waals surface area contributed by atoms with Crippen LogP contribution in [0.4, 0.5) is 11.5 Å². The molecule has 1 heterocycles. The smallest absolute Gasteiger partial charge is 0.221 e. The second-order valence-electron chi connectivity index (χ2n) is 2.95. The Morgan fingerprint density at radius 1 is 1.67 bits per heavy atom. The normalized spacial score (nSPS) is 9.73. The quantitative estimate of drug-likeness (QED) is 0.763. The molecule has 5 nitrogen and oxygen atoms in total. The van der Waals surface area contributed by atoms with Crippen molar-refractivity contribution in [2.24, 2.45) is 0 Å². The van der Waals surface area contributed by atoms with Crippen molar-refractivity contribution in [3.63, 3.8) is 0 Å². The molecule has 0 spiro atoms. The van der Waals surface area contributed by atoms with E-state index in [4.69, 9.17) is 5.73 Å². The number of nitrogens with zero attached hydrogens (tertiary/aromatic N) is 1. The molecule has 0 aliphatic heterocycles. The standard InChI is InChI=1S/C9H13BrN4O/c1-12-8(15)2-3-13-9-7(10)4-6(11)5-14-9/h4-5H,2-3,11H2,1H3,(H,12,15)(H,13,14). The third-order valence-electron chi connectivity index (χ3n) is 1.79. The highest BCUT2D eigenvalue weighted by atomic mass is 79.9. The first kappa shape index (κ1) is 11.8. The highest BCUT2D eigenvalue weighted by Crippen LogP contribution is 2.21. The van der Waals surface area contributed by atoms with Gasteiger partial charge in [0, 0.05) is 20.0 Å². The lowest BCUT2D eigenvalue weighted by Crippen LogP contribution is -2.21. The van der Waals surface area contributed by atoms with Gasteiger partial charge in [0.05, 0.1) is 16.4 Å². The Kier molecular flexibility index (Phi) is 4.36. The molecule has 82 valence electrons. The summed E-state index contributed by atoms with van der Waals surface area (Å²) >= 11 is 3.33. The Hall–Kier alpha value is -1.30. The molecule has 0 aliphatic carbocycles. The lowest BCUT2D eigenvalue weighted by molar-refractivity contribution is -0.120. The Morgan fingerprint density at radius 3 is 3.00 bits per heavy atom. The Balaban J connectivity index is 2.47. The number of rotatable bonds is 4. The number of anilines is 2. The zero-order chi connectivity index (χ0) is 11.3. The SMILES string of the molecule is CNC(=O)CCNc1ncc(N)cc1Br. The van der Waals surface area contributed by atoms with Gasteiger partial charge in [-0.15, -0.1) is 0 Å². The number of hydrogen-bond donors (Lipinski definition) is 3. The van der Waals surface area contributed by atoms with Gasteiger partial charge in [0.2, 0.25) is 5.91 Å². The van der Waals surface area contributed by atoms with Crippen molar-refractivity contribution in [3.8, 4) is 0 Å². The maximum Gasteiger partial charge on any atom is 0.221 e. The molecular weight excluding hydrogens is 260 g/mol. The maximum absolute atomic E-state index is 10.9. The monoisotopic (exact) mass is 272 g/mol. The van der Waals surface area contributed by atoms with Gasteiger partial charge >= 0.3 is 0 Å². The number of carbonyl (C=O) groups excluding carboxylic acids is 1. The van der Waals surface area contributed by atoms with Gasteiger partial charge in [-0.3, -0.25) is 4.79 Å². The lowest BCUT2D eigenvalue weighted by Gasteiger charge is -2.07. The summed E-state index contributed by atoms with van der Waals surface area (Å²) in [7, 11) is 1.61. The minimum absolute atomic E-state index is 0.00549. The van der Waals surface area contributed by atoms with Crippen LogP contribution in [0.25, 0.3) is 0 Å². The predicted molar refractivity (Wildman–Crippen MR) is 63.5 cm³/mol. The van der Waals surface area contributed by atoms with E-state index in [9.17, 15) is 4.79 Å². The fraction of sp³-hybridized carbons (Fsp3) is 0.333. The summed E-state index contributed by atoms with van der Waals surface area (Å²) in [6.07, 6.45) is 1.97. The first-order valence-electron chi connectivity index (χ1n) is 4.49. The number of amides is 1. The summed E-state index contributed by atoms with van der Waals surface area (Å²) in [5.41, 5.74) is 6.14. The highest BCUT2D eigenvalue weighted by Gasteiger charge is 2.02. The first-order chi connectivity index (χ1) is 7.13. The van der Waals surface area contributed by atoms with Crippen LogP contribution < -0.4 is 16.4 Å². The molecular formula is C9H13BrN4O. The van der Waals surface area contributed by atoms with E-state index in [1.807, 2.05) is 0 Å². The molecule has 0 aliphatic rings. The number of carbonyl (C=O) groups is 1. The van der Waals surface area contributed by atoms with Gasteiger partial charge in [0.25, 0.3) is 0 Å². The number of nitrogens with two attached hydrogens (primary N) is 1. The van der Waals surface area contributed by atoms with Gasteiger partial charge < -0.3 is 16.4 Å². The molecule has 1 amide bonds. The first-order valence-corrected chi connectivity index (χ1v) is 5.28. The third kappa shape index (κ3) is 3.75. The predicted octanol–water partition coefficient (Wildman–Crippen LogP) is 0.974. The summed E-state index contributed by atoms with van der Waals surface area (Å²) in [5, 5.41) is 5.57. The van der Waals surface area contributed by atoms with E-state index in [1.54, 1.807) is 19.3 Å². The topological polar surface area (TPSA) is 80.0 Å². The van der Waals surface area contributed by atoms with E-state index in [1.165, 1.54) is 0 Å². The van der Waals surface area contributed by atoms with Crippen molar-refractivity contribution in [1.82, 2.24) is 10.3 Å².